The van der Waals surface area contributed by atoms with Crippen LogP contribution in [-0.4, -0.2) is 10.1 Å². The molecule has 78 valence electrons. The van der Waals surface area contributed by atoms with Crippen molar-refractivity contribution >= 4 is 17.4 Å². The molecule has 0 saturated carbocycles. The van der Waals surface area contributed by atoms with E-state index in [1.54, 1.807) is 12.3 Å². The first-order valence-corrected chi connectivity index (χ1v) is 4.89. The van der Waals surface area contributed by atoms with Gasteiger partial charge < -0.3 is 9.84 Å². The molecule has 2 heterocycles. The summed E-state index contributed by atoms with van der Waals surface area (Å²) in [6.07, 6.45) is 1.60. The lowest BCUT2D eigenvalue weighted by Crippen LogP contribution is -2.00. The van der Waals surface area contributed by atoms with Crippen LogP contribution in [-0.2, 0) is 6.54 Å². The number of aromatic nitrogens is 2. The van der Waals surface area contributed by atoms with Gasteiger partial charge in [0.2, 0.25) is 0 Å². The molecule has 0 atom stereocenters. The van der Waals surface area contributed by atoms with Gasteiger partial charge in [-0.1, -0.05) is 16.8 Å². The first kappa shape index (κ1) is 9.98. The Morgan fingerprint density at radius 2 is 2.33 bits per heavy atom. The van der Waals surface area contributed by atoms with E-state index in [0.717, 1.165) is 17.3 Å². The van der Waals surface area contributed by atoms with Crippen LogP contribution in [0.2, 0.25) is 5.02 Å². The maximum Gasteiger partial charge on any atom is 0.133 e. The topological polar surface area (TPSA) is 51.0 Å². The highest BCUT2D eigenvalue weighted by Crippen LogP contribution is 2.10. The molecule has 0 unspecified atom stereocenters. The number of rotatable bonds is 3. The van der Waals surface area contributed by atoms with Crippen molar-refractivity contribution in [3.8, 4) is 0 Å². The molecule has 0 amide bonds. The Kier molecular flexibility index (Phi) is 2.87. The lowest BCUT2D eigenvalue weighted by Gasteiger charge is -2.01. The molecule has 2 aromatic heterocycles. The summed E-state index contributed by atoms with van der Waals surface area (Å²) in [6, 6.07) is 5.48. The van der Waals surface area contributed by atoms with E-state index in [1.165, 1.54) is 0 Å². The Morgan fingerprint density at radius 1 is 1.47 bits per heavy atom. The Balaban J connectivity index is 1.96. The molecule has 0 aromatic carbocycles. The van der Waals surface area contributed by atoms with Gasteiger partial charge in [0.15, 0.2) is 0 Å². The van der Waals surface area contributed by atoms with Crippen LogP contribution < -0.4 is 5.32 Å². The molecule has 5 heteroatoms. The zero-order valence-corrected chi connectivity index (χ0v) is 8.95. The van der Waals surface area contributed by atoms with E-state index in [0.29, 0.717) is 11.6 Å². The minimum Gasteiger partial charge on any atom is -0.364 e. The van der Waals surface area contributed by atoms with Gasteiger partial charge in [-0.2, -0.15) is 0 Å². The molecule has 2 aromatic rings. The Bertz CT molecular complexity index is 438. The molecule has 0 spiro atoms. The van der Waals surface area contributed by atoms with Gasteiger partial charge in [-0.15, -0.1) is 0 Å². The number of nitrogens with one attached hydrogen (secondary N) is 1. The van der Waals surface area contributed by atoms with Crippen molar-refractivity contribution < 1.29 is 4.52 Å². The summed E-state index contributed by atoms with van der Waals surface area (Å²) in [6.45, 7) is 2.45. The highest BCUT2D eigenvalue weighted by atomic mass is 35.5. The molecule has 0 aliphatic carbocycles. The van der Waals surface area contributed by atoms with Crippen molar-refractivity contribution in [1.29, 1.82) is 0 Å². The highest BCUT2D eigenvalue weighted by Gasteiger charge is 2.00. The zero-order chi connectivity index (χ0) is 10.7. The molecule has 0 fully saturated rings. The molecule has 2 rings (SSSR count). The predicted octanol–water partition coefficient (Wildman–Crippen LogP) is 2.64. The molecule has 0 aliphatic heterocycles. The summed E-state index contributed by atoms with van der Waals surface area (Å²) in [4.78, 5) is 4.10. The minimum atomic E-state index is 0.589. The summed E-state index contributed by atoms with van der Waals surface area (Å²) >= 11 is 5.71. The largest absolute Gasteiger partial charge is 0.364 e. The van der Waals surface area contributed by atoms with E-state index < -0.39 is 0 Å². The lowest BCUT2D eigenvalue weighted by atomic mass is 10.3. The van der Waals surface area contributed by atoms with Crippen LogP contribution >= 0.6 is 11.6 Å². The predicted molar refractivity (Wildman–Crippen MR) is 57.8 cm³/mol. The van der Waals surface area contributed by atoms with E-state index in [4.69, 9.17) is 16.1 Å². The Morgan fingerprint density at radius 3 is 2.93 bits per heavy atom. The Labute approximate surface area is 92.3 Å². The van der Waals surface area contributed by atoms with Gasteiger partial charge >= 0.3 is 0 Å². The van der Waals surface area contributed by atoms with Gasteiger partial charge in [0.05, 0.1) is 11.6 Å². The summed E-state index contributed by atoms with van der Waals surface area (Å²) in [5.41, 5.74) is 0.851. The third-order valence-corrected chi connectivity index (χ3v) is 2.08. The second kappa shape index (κ2) is 4.31. The molecule has 4 nitrogen and oxygen atoms in total. The van der Waals surface area contributed by atoms with Crippen LogP contribution in [0.3, 0.4) is 0 Å². The van der Waals surface area contributed by atoms with Gasteiger partial charge in [-0.25, -0.2) is 4.98 Å². The van der Waals surface area contributed by atoms with Crippen LogP contribution in [0.4, 0.5) is 5.82 Å². The zero-order valence-electron chi connectivity index (χ0n) is 8.20. The number of pyridine rings is 1. The monoisotopic (exact) mass is 223 g/mol. The second-order valence-electron chi connectivity index (χ2n) is 3.14. The van der Waals surface area contributed by atoms with E-state index >= 15 is 0 Å². The fourth-order valence-electron chi connectivity index (χ4n) is 1.16. The third-order valence-electron chi connectivity index (χ3n) is 1.85. The van der Waals surface area contributed by atoms with Crippen LogP contribution in [0.15, 0.2) is 28.9 Å². The summed E-state index contributed by atoms with van der Waals surface area (Å²) in [5.74, 6) is 1.57. The molecule has 0 aliphatic rings. The quantitative estimate of drug-likeness (QED) is 0.869. The van der Waals surface area contributed by atoms with E-state index in [-0.39, 0.29) is 0 Å². The Hall–Kier alpha value is -1.55. The number of halogens is 1. The highest BCUT2D eigenvalue weighted by molar-refractivity contribution is 6.30. The van der Waals surface area contributed by atoms with E-state index in [1.807, 2.05) is 19.1 Å². The molecular formula is C10H10ClN3O. The number of nitrogens with zero attached hydrogens (tertiary/aromatic N) is 2. The number of hydrogen-bond acceptors (Lipinski definition) is 4. The fraction of sp³-hybridized carbons (Fsp3) is 0.200. The molecule has 0 saturated heterocycles. The maximum atomic E-state index is 5.71. The van der Waals surface area contributed by atoms with Gasteiger partial charge in [0.25, 0.3) is 0 Å². The SMILES string of the molecule is Cc1cc(CNc2ccc(Cl)cn2)no1. The number of aryl methyl sites for hydroxylation is 1. The minimum absolute atomic E-state index is 0.589. The van der Waals surface area contributed by atoms with Crippen molar-refractivity contribution in [3.63, 3.8) is 0 Å². The van der Waals surface area contributed by atoms with Crippen LogP contribution in [0.1, 0.15) is 11.5 Å². The molecule has 0 bridgehead atoms. The summed E-state index contributed by atoms with van der Waals surface area (Å²) in [5, 5.41) is 7.59. The normalized spacial score (nSPS) is 10.3. The lowest BCUT2D eigenvalue weighted by molar-refractivity contribution is 0.391. The molecule has 0 radical (unpaired) electrons. The first-order chi connectivity index (χ1) is 7.24. The van der Waals surface area contributed by atoms with Crippen molar-refractivity contribution in [2.45, 2.75) is 13.5 Å². The maximum absolute atomic E-state index is 5.71. The van der Waals surface area contributed by atoms with Gasteiger partial charge in [0, 0.05) is 12.3 Å². The smallest absolute Gasteiger partial charge is 0.133 e. The average molecular weight is 224 g/mol. The van der Waals surface area contributed by atoms with E-state index in [2.05, 4.69) is 15.5 Å². The van der Waals surface area contributed by atoms with Crippen molar-refractivity contribution in [1.82, 2.24) is 10.1 Å². The van der Waals surface area contributed by atoms with Crippen molar-refractivity contribution in [3.05, 3.63) is 40.9 Å². The second-order valence-corrected chi connectivity index (χ2v) is 3.58. The number of anilines is 1. The average Bonchev–Trinajstić information content (AvgIpc) is 2.64. The van der Waals surface area contributed by atoms with E-state index in [9.17, 15) is 0 Å². The fourth-order valence-corrected chi connectivity index (χ4v) is 1.27. The summed E-state index contributed by atoms with van der Waals surface area (Å²) < 4.78 is 4.94. The summed E-state index contributed by atoms with van der Waals surface area (Å²) in [7, 11) is 0. The van der Waals surface area contributed by atoms with Crippen LogP contribution in [0, 0.1) is 6.92 Å². The molecular weight excluding hydrogens is 214 g/mol. The third kappa shape index (κ3) is 2.70. The number of hydrogen-bond donors (Lipinski definition) is 1. The molecule has 15 heavy (non-hydrogen) atoms. The van der Waals surface area contributed by atoms with Crippen LogP contribution in [0.25, 0.3) is 0 Å². The van der Waals surface area contributed by atoms with Crippen molar-refractivity contribution in [2.75, 3.05) is 5.32 Å². The van der Waals surface area contributed by atoms with Crippen LogP contribution in [0.5, 0.6) is 0 Å². The molecule has 1 N–H and O–H groups in total. The van der Waals surface area contributed by atoms with Gasteiger partial charge in [-0.05, 0) is 19.1 Å². The standard InChI is InChI=1S/C10H10ClN3O/c1-7-4-9(14-15-7)6-13-10-3-2-8(11)5-12-10/h2-5H,6H2,1H3,(H,12,13). The van der Waals surface area contributed by atoms with Gasteiger partial charge in [0.1, 0.15) is 17.3 Å². The van der Waals surface area contributed by atoms with Gasteiger partial charge in [-0.3, -0.25) is 0 Å². The van der Waals surface area contributed by atoms with Crippen molar-refractivity contribution in [2.24, 2.45) is 0 Å². The first-order valence-electron chi connectivity index (χ1n) is 4.51.